The van der Waals surface area contributed by atoms with Crippen LogP contribution in [0, 0.1) is 5.92 Å². The van der Waals surface area contributed by atoms with E-state index in [9.17, 15) is 4.79 Å². The van der Waals surface area contributed by atoms with E-state index in [1.807, 2.05) is 24.3 Å². The average molecular weight is 298 g/mol. The third-order valence-electron chi connectivity index (χ3n) is 3.18. The third kappa shape index (κ3) is 3.07. The highest BCUT2D eigenvalue weighted by molar-refractivity contribution is 9.10. The number of amides is 1. The van der Waals surface area contributed by atoms with Crippen molar-refractivity contribution >= 4 is 21.8 Å². The van der Waals surface area contributed by atoms with Gasteiger partial charge in [0, 0.05) is 23.5 Å². The van der Waals surface area contributed by atoms with Gasteiger partial charge < -0.3 is 10.1 Å². The Labute approximate surface area is 110 Å². The van der Waals surface area contributed by atoms with Crippen molar-refractivity contribution in [2.45, 2.75) is 19.4 Å². The molecule has 1 N–H and O–H groups in total. The van der Waals surface area contributed by atoms with Crippen LogP contribution in [0.25, 0.3) is 0 Å². The lowest BCUT2D eigenvalue weighted by atomic mass is 10.0. The van der Waals surface area contributed by atoms with E-state index in [4.69, 9.17) is 4.74 Å². The zero-order valence-corrected chi connectivity index (χ0v) is 11.4. The Kier molecular flexibility index (Phi) is 4.18. The second-order valence-corrected chi connectivity index (χ2v) is 5.17. The van der Waals surface area contributed by atoms with Crippen LogP contribution >= 0.6 is 15.9 Å². The van der Waals surface area contributed by atoms with E-state index in [0.717, 1.165) is 17.5 Å². The van der Waals surface area contributed by atoms with E-state index in [-0.39, 0.29) is 12.0 Å². The van der Waals surface area contributed by atoms with Gasteiger partial charge in [-0.1, -0.05) is 12.1 Å². The highest BCUT2D eigenvalue weighted by Crippen LogP contribution is 2.20. The van der Waals surface area contributed by atoms with Crippen LogP contribution in [0.2, 0.25) is 0 Å². The fraction of sp³-hybridized carbons (Fsp3) is 0.462. The maximum Gasteiger partial charge on any atom is 0.252 e. The highest BCUT2D eigenvalue weighted by Gasteiger charge is 2.24. The summed E-state index contributed by atoms with van der Waals surface area (Å²) in [5.74, 6) is 0.401. The Bertz CT molecular complexity index is 408. The summed E-state index contributed by atoms with van der Waals surface area (Å²) in [6.07, 6.45) is 1.27. The van der Waals surface area contributed by atoms with Crippen molar-refractivity contribution in [2.75, 3.05) is 13.2 Å². The molecule has 1 amide bonds. The second kappa shape index (κ2) is 5.65. The number of rotatable bonds is 3. The van der Waals surface area contributed by atoms with Gasteiger partial charge in [0.05, 0.1) is 11.7 Å². The predicted octanol–water partition coefficient (Wildman–Crippen LogP) is 2.60. The van der Waals surface area contributed by atoms with E-state index >= 15 is 0 Å². The fourth-order valence-corrected chi connectivity index (χ4v) is 2.47. The van der Waals surface area contributed by atoms with Crippen LogP contribution in [-0.4, -0.2) is 25.2 Å². The molecule has 1 fully saturated rings. The van der Waals surface area contributed by atoms with Gasteiger partial charge in [0.15, 0.2) is 0 Å². The molecule has 1 aromatic carbocycles. The Balaban J connectivity index is 1.91. The molecule has 0 spiro atoms. The van der Waals surface area contributed by atoms with Gasteiger partial charge in [-0.25, -0.2) is 0 Å². The first-order valence-electron chi connectivity index (χ1n) is 5.83. The van der Waals surface area contributed by atoms with Crippen molar-refractivity contribution in [1.29, 1.82) is 0 Å². The molecular weight excluding hydrogens is 282 g/mol. The van der Waals surface area contributed by atoms with Gasteiger partial charge in [-0.2, -0.15) is 0 Å². The molecule has 1 aliphatic rings. The minimum absolute atomic E-state index is 0.0309. The SMILES string of the molecule is CC1OCCC1CNC(=O)c1ccccc1Br. The Morgan fingerprint density at radius 2 is 2.29 bits per heavy atom. The maximum atomic E-state index is 11.9. The first kappa shape index (κ1) is 12.6. The van der Waals surface area contributed by atoms with E-state index in [0.29, 0.717) is 18.0 Å². The summed E-state index contributed by atoms with van der Waals surface area (Å²) >= 11 is 3.38. The lowest BCUT2D eigenvalue weighted by molar-refractivity contribution is 0.0906. The van der Waals surface area contributed by atoms with Gasteiger partial charge in [0.1, 0.15) is 0 Å². The summed E-state index contributed by atoms with van der Waals surface area (Å²) in [7, 11) is 0. The molecule has 0 aliphatic carbocycles. The standard InChI is InChI=1S/C13H16BrNO2/c1-9-10(6-7-17-9)8-15-13(16)11-4-2-3-5-12(11)14/h2-5,9-10H,6-8H2,1H3,(H,15,16). The molecule has 2 rings (SSSR count). The molecule has 0 saturated carbocycles. The van der Waals surface area contributed by atoms with Crippen LogP contribution in [0.3, 0.4) is 0 Å². The topological polar surface area (TPSA) is 38.3 Å². The van der Waals surface area contributed by atoms with Crippen LogP contribution in [0.4, 0.5) is 0 Å². The number of halogens is 1. The first-order valence-corrected chi connectivity index (χ1v) is 6.62. The van der Waals surface area contributed by atoms with Crippen molar-refractivity contribution in [2.24, 2.45) is 5.92 Å². The molecule has 17 heavy (non-hydrogen) atoms. The molecule has 1 heterocycles. The zero-order chi connectivity index (χ0) is 12.3. The molecule has 1 aromatic rings. The predicted molar refractivity (Wildman–Crippen MR) is 70.0 cm³/mol. The smallest absolute Gasteiger partial charge is 0.252 e. The van der Waals surface area contributed by atoms with Gasteiger partial charge in [0.25, 0.3) is 5.91 Å². The van der Waals surface area contributed by atoms with Gasteiger partial charge in [-0.3, -0.25) is 4.79 Å². The minimum Gasteiger partial charge on any atom is -0.378 e. The number of nitrogens with one attached hydrogen (secondary N) is 1. The van der Waals surface area contributed by atoms with Crippen molar-refractivity contribution in [1.82, 2.24) is 5.32 Å². The van der Waals surface area contributed by atoms with Gasteiger partial charge in [-0.15, -0.1) is 0 Å². The molecule has 0 aromatic heterocycles. The van der Waals surface area contributed by atoms with Gasteiger partial charge in [-0.05, 0) is 41.4 Å². The molecule has 92 valence electrons. The molecule has 2 unspecified atom stereocenters. The van der Waals surface area contributed by atoms with Crippen LogP contribution < -0.4 is 5.32 Å². The van der Waals surface area contributed by atoms with E-state index in [1.165, 1.54) is 0 Å². The van der Waals surface area contributed by atoms with E-state index in [1.54, 1.807) is 0 Å². The highest BCUT2D eigenvalue weighted by atomic mass is 79.9. The zero-order valence-electron chi connectivity index (χ0n) is 9.78. The average Bonchev–Trinajstić information content (AvgIpc) is 2.72. The van der Waals surface area contributed by atoms with Crippen molar-refractivity contribution in [3.8, 4) is 0 Å². The summed E-state index contributed by atoms with van der Waals surface area (Å²) < 4.78 is 6.29. The molecule has 1 saturated heterocycles. The number of carbonyl (C=O) groups is 1. The normalized spacial score (nSPS) is 23.6. The first-order chi connectivity index (χ1) is 8.18. The number of carbonyl (C=O) groups excluding carboxylic acids is 1. The third-order valence-corrected chi connectivity index (χ3v) is 3.87. The Morgan fingerprint density at radius 3 is 2.94 bits per heavy atom. The van der Waals surface area contributed by atoms with Crippen molar-refractivity contribution in [3.63, 3.8) is 0 Å². The van der Waals surface area contributed by atoms with E-state index < -0.39 is 0 Å². The number of hydrogen-bond acceptors (Lipinski definition) is 2. The molecule has 3 nitrogen and oxygen atoms in total. The maximum absolute atomic E-state index is 11.9. The largest absolute Gasteiger partial charge is 0.378 e. The van der Waals surface area contributed by atoms with Crippen molar-refractivity contribution < 1.29 is 9.53 Å². The molecule has 2 atom stereocenters. The summed E-state index contributed by atoms with van der Waals surface area (Å²) in [6.45, 7) is 3.54. The Hall–Kier alpha value is -0.870. The van der Waals surface area contributed by atoms with Crippen molar-refractivity contribution in [3.05, 3.63) is 34.3 Å². The minimum atomic E-state index is -0.0309. The number of benzene rings is 1. The summed E-state index contributed by atoms with van der Waals surface area (Å²) in [6, 6.07) is 7.44. The number of ether oxygens (including phenoxy) is 1. The lowest BCUT2D eigenvalue weighted by Gasteiger charge is -2.15. The molecule has 0 bridgehead atoms. The summed E-state index contributed by atoms with van der Waals surface area (Å²) in [5, 5.41) is 2.96. The number of hydrogen-bond donors (Lipinski definition) is 1. The van der Waals surface area contributed by atoms with Crippen LogP contribution in [0.5, 0.6) is 0 Å². The Morgan fingerprint density at radius 1 is 1.53 bits per heavy atom. The molecule has 1 aliphatic heterocycles. The molecule has 0 radical (unpaired) electrons. The van der Waals surface area contributed by atoms with Gasteiger partial charge in [0.2, 0.25) is 0 Å². The lowest BCUT2D eigenvalue weighted by Crippen LogP contribution is -2.32. The molecule has 4 heteroatoms. The van der Waals surface area contributed by atoms with Crippen LogP contribution in [-0.2, 0) is 4.74 Å². The monoisotopic (exact) mass is 297 g/mol. The second-order valence-electron chi connectivity index (χ2n) is 4.31. The van der Waals surface area contributed by atoms with Crippen LogP contribution in [0.15, 0.2) is 28.7 Å². The molecular formula is C13H16BrNO2. The van der Waals surface area contributed by atoms with Gasteiger partial charge >= 0.3 is 0 Å². The fourth-order valence-electron chi connectivity index (χ4n) is 2.01. The van der Waals surface area contributed by atoms with E-state index in [2.05, 4.69) is 28.2 Å². The summed E-state index contributed by atoms with van der Waals surface area (Å²) in [4.78, 5) is 11.9. The summed E-state index contributed by atoms with van der Waals surface area (Å²) in [5.41, 5.74) is 0.680. The quantitative estimate of drug-likeness (QED) is 0.931. The van der Waals surface area contributed by atoms with Crippen LogP contribution in [0.1, 0.15) is 23.7 Å².